The Morgan fingerprint density at radius 2 is 2.50 bits per heavy atom. The fourth-order valence-corrected chi connectivity index (χ4v) is 1.97. The van der Waals surface area contributed by atoms with Gasteiger partial charge in [0.1, 0.15) is 0 Å². The number of nitrogens with zero attached hydrogens (tertiary/aromatic N) is 2. The number of rotatable bonds is 5. The summed E-state index contributed by atoms with van der Waals surface area (Å²) in [5.41, 5.74) is 1.68. The molecule has 5 nitrogen and oxygen atoms in total. The fourth-order valence-electron chi connectivity index (χ4n) is 1.97. The molecule has 18 heavy (non-hydrogen) atoms. The smallest absolute Gasteiger partial charge is 0.157 e. The lowest BCUT2D eigenvalue weighted by Gasteiger charge is -2.22. The van der Waals surface area contributed by atoms with Crippen LogP contribution in [0, 0.1) is 0 Å². The fraction of sp³-hybridized carbons (Fsp3) is 0.538. The Labute approximate surface area is 106 Å². The third kappa shape index (κ3) is 3.78. The number of oxime groups is 1. The highest BCUT2D eigenvalue weighted by atomic mass is 16.7. The van der Waals surface area contributed by atoms with Crippen LogP contribution in [0.1, 0.15) is 30.5 Å². The van der Waals surface area contributed by atoms with Gasteiger partial charge in [-0.2, -0.15) is 0 Å². The van der Waals surface area contributed by atoms with Crippen LogP contribution in [-0.4, -0.2) is 35.9 Å². The molecular formula is C13H18N2O3. The van der Waals surface area contributed by atoms with Gasteiger partial charge in [0, 0.05) is 24.8 Å². The van der Waals surface area contributed by atoms with Gasteiger partial charge in [-0.05, 0) is 31.4 Å². The molecule has 1 fully saturated rings. The molecule has 1 saturated heterocycles. The van der Waals surface area contributed by atoms with Crippen LogP contribution in [-0.2, 0) is 15.9 Å². The number of pyridine rings is 1. The Balaban J connectivity index is 1.82. The molecule has 1 aromatic heterocycles. The molecule has 0 radical (unpaired) electrons. The molecule has 2 heterocycles. The molecule has 1 unspecified atom stereocenters. The van der Waals surface area contributed by atoms with Crippen molar-refractivity contribution < 1.29 is 14.7 Å². The number of aromatic nitrogens is 1. The summed E-state index contributed by atoms with van der Waals surface area (Å²) in [6, 6.07) is 3.67. The van der Waals surface area contributed by atoms with Gasteiger partial charge in [0.15, 0.2) is 6.29 Å². The summed E-state index contributed by atoms with van der Waals surface area (Å²) >= 11 is 0. The Kier molecular flexibility index (Phi) is 5.11. The first kappa shape index (κ1) is 13.0. The van der Waals surface area contributed by atoms with Gasteiger partial charge in [0.2, 0.25) is 0 Å². The van der Waals surface area contributed by atoms with E-state index < -0.39 is 0 Å². The topological polar surface area (TPSA) is 63.9 Å². The minimum atomic E-state index is -0.0718. The number of ether oxygens (including phenoxy) is 2. The van der Waals surface area contributed by atoms with Crippen molar-refractivity contribution in [1.82, 2.24) is 4.98 Å². The van der Waals surface area contributed by atoms with E-state index in [0.717, 1.165) is 37.1 Å². The van der Waals surface area contributed by atoms with Crippen LogP contribution < -0.4 is 0 Å². The average Bonchev–Trinajstić information content (AvgIpc) is 2.42. The van der Waals surface area contributed by atoms with E-state index >= 15 is 0 Å². The van der Waals surface area contributed by atoms with Gasteiger partial charge in [-0.1, -0.05) is 5.16 Å². The van der Waals surface area contributed by atoms with E-state index in [1.54, 1.807) is 6.20 Å². The average molecular weight is 250 g/mol. The highest BCUT2D eigenvalue weighted by molar-refractivity contribution is 5.80. The molecule has 0 spiro atoms. The Bertz CT molecular complexity index is 390. The first-order chi connectivity index (χ1) is 8.90. The van der Waals surface area contributed by atoms with E-state index in [1.165, 1.54) is 6.21 Å². The molecule has 0 amide bonds. The third-order valence-electron chi connectivity index (χ3n) is 2.90. The van der Waals surface area contributed by atoms with Crippen LogP contribution >= 0.6 is 0 Å². The van der Waals surface area contributed by atoms with E-state index in [0.29, 0.717) is 13.0 Å². The maximum Gasteiger partial charge on any atom is 0.157 e. The SMILES string of the molecule is ON=Cc1cccnc1CCOC1CCCCO1. The quantitative estimate of drug-likeness (QED) is 0.493. The van der Waals surface area contributed by atoms with Gasteiger partial charge in [-0.25, -0.2) is 0 Å². The highest BCUT2D eigenvalue weighted by Crippen LogP contribution is 2.14. The van der Waals surface area contributed by atoms with Gasteiger partial charge in [0.05, 0.1) is 18.5 Å². The normalized spacial score (nSPS) is 20.3. The Hall–Kier alpha value is -1.46. The molecule has 0 bridgehead atoms. The Morgan fingerprint density at radius 1 is 1.56 bits per heavy atom. The molecule has 1 atom stereocenters. The molecule has 1 aliphatic rings. The molecule has 2 rings (SSSR count). The first-order valence-corrected chi connectivity index (χ1v) is 6.24. The van der Waals surface area contributed by atoms with Crippen molar-refractivity contribution in [1.29, 1.82) is 0 Å². The standard InChI is InChI=1S/C13H18N2O3/c16-15-10-11-4-3-7-14-12(11)6-9-18-13-5-1-2-8-17-13/h3-4,7,10,13,16H,1-2,5-6,8-9H2. The molecule has 0 aliphatic carbocycles. The molecule has 0 aromatic carbocycles. The van der Waals surface area contributed by atoms with Crippen molar-refractivity contribution in [2.45, 2.75) is 32.0 Å². The van der Waals surface area contributed by atoms with Gasteiger partial charge in [-0.3, -0.25) is 4.98 Å². The van der Waals surface area contributed by atoms with Crippen molar-refractivity contribution >= 4 is 6.21 Å². The molecule has 0 saturated carbocycles. The van der Waals surface area contributed by atoms with Crippen LogP contribution in [0.15, 0.2) is 23.5 Å². The van der Waals surface area contributed by atoms with Crippen molar-refractivity contribution in [3.05, 3.63) is 29.6 Å². The minimum Gasteiger partial charge on any atom is -0.411 e. The van der Waals surface area contributed by atoms with Crippen LogP contribution in [0.2, 0.25) is 0 Å². The predicted octanol–water partition coefficient (Wildman–Crippen LogP) is 1.98. The number of hydrogen-bond acceptors (Lipinski definition) is 5. The maximum atomic E-state index is 8.56. The zero-order valence-corrected chi connectivity index (χ0v) is 10.3. The van der Waals surface area contributed by atoms with E-state index in [2.05, 4.69) is 10.1 Å². The lowest BCUT2D eigenvalue weighted by molar-refractivity contribution is -0.161. The summed E-state index contributed by atoms with van der Waals surface area (Å²) < 4.78 is 11.1. The second kappa shape index (κ2) is 7.08. The summed E-state index contributed by atoms with van der Waals surface area (Å²) in [5.74, 6) is 0. The summed E-state index contributed by atoms with van der Waals surface area (Å²) in [6.07, 6.45) is 6.97. The maximum absolute atomic E-state index is 8.56. The lowest BCUT2D eigenvalue weighted by Crippen LogP contribution is -2.23. The Morgan fingerprint density at radius 3 is 3.28 bits per heavy atom. The van der Waals surface area contributed by atoms with E-state index in [9.17, 15) is 0 Å². The van der Waals surface area contributed by atoms with Crippen LogP contribution in [0.5, 0.6) is 0 Å². The van der Waals surface area contributed by atoms with E-state index in [1.807, 2.05) is 12.1 Å². The zero-order chi connectivity index (χ0) is 12.6. The molecule has 98 valence electrons. The summed E-state index contributed by atoms with van der Waals surface area (Å²) in [4.78, 5) is 4.26. The molecular weight excluding hydrogens is 232 g/mol. The zero-order valence-electron chi connectivity index (χ0n) is 10.3. The first-order valence-electron chi connectivity index (χ1n) is 6.24. The van der Waals surface area contributed by atoms with E-state index in [4.69, 9.17) is 14.7 Å². The van der Waals surface area contributed by atoms with Gasteiger partial charge < -0.3 is 14.7 Å². The monoisotopic (exact) mass is 250 g/mol. The summed E-state index contributed by atoms with van der Waals surface area (Å²) in [6.45, 7) is 1.35. The van der Waals surface area contributed by atoms with Gasteiger partial charge in [-0.15, -0.1) is 0 Å². The minimum absolute atomic E-state index is 0.0718. The third-order valence-corrected chi connectivity index (χ3v) is 2.90. The molecule has 1 N–H and O–H groups in total. The summed E-state index contributed by atoms with van der Waals surface area (Å²) in [7, 11) is 0. The van der Waals surface area contributed by atoms with Crippen LogP contribution in [0.3, 0.4) is 0 Å². The highest BCUT2D eigenvalue weighted by Gasteiger charge is 2.14. The van der Waals surface area contributed by atoms with Crippen LogP contribution in [0.4, 0.5) is 0 Å². The van der Waals surface area contributed by atoms with Gasteiger partial charge in [0.25, 0.3) is 0 Å². The second-order valence-electron chi connectivity index (χ2n) is 4.20. The summed E-state index contributed by atoms with van der Waals surface area (Å²) in [5, 5.41) is 11.6. The number of hydrogen-bond donors (Lipinski definition) is 1. The van der Waals surface area contributed by atoms with Gasteiger partial charge >= 0.3 is 0 Å². The van der Waals surface area contributed by atoms with E-state index in [-0.39, 0.29) is 6.29 Å². The predicted molar refractivity (Wildman–Crippen MR) is 66.9 cm³/mol. The van der Waals surface area contributed by atoms with Crippen molar-refractivity contribution in [2.24, 2.45) is 5.16 Å². The molecule has 5 heteroatoms. The second-order valence-corrected chi connectivity index (χ2v) is 4.20. The molecule has 1 aliphatic heterocycles. The lowest BCUT2D eigenvalue weighted by atomic mass is 10.1. The van der Waals surface area contributed by atoms with Crippen molar-refractivity contribution in [2.75, 3.05) is 13.2 Å². The molecule has 1 aromatic rings. The largest absolute Gasteiger partial charge is 0.411 e. The van der Waals surface area contributed by atoms with Crippen molar-refractivity contribution in [3.63, 3.8) is 0 Å². The van der Waals surface area contributed by atoms with Crippen molar-refractivity contribution in [3.8, 4) is 0 Å². The van der Waals surface area contributed by atoms with Crippen LogP contribution in [0.25, 0.3) is 0 Å².